The van der Waals surface area contributed by atoms with Crippen LogP contribution in [-0.4, -0.2) is 48.4 Å². The summed E-state index contributed by atoms with van der Waals surface area (Å²) in [4.78, 5) is 28.9. The summed E-state index contributed by atoms with van der Waals surface area (Å²) < 4.78 is 0. The van der Waals surface area contributed by atoms with Gasteiger partial charge in [0, 0.05) is 42.8 Å². The number of carbonyl (C=O) groups excluding carboxylic acids is 2. The van der Waals surface area contributed by atoms with Crippen molar-refractivity contribution in [1.82, 2.24) is 10.2 Å². The van der Waals surface area contributed by atoms with Crippen LogP contribution in [0.25, 0.3) is 0 Å². The molecule has 24 heavy (non-hydrogen) atoms. The molecule has 3 aliphatic rings. The molecular formula is C18H24ClN3O2. The molecule has 4 rings (SSSR count). The van der Waals surface area contributed by atoms with Crippen LogP contribution in [0.2, 0.25) is 0 Å². The number of amides is 2. The Kier molecular flexibility index (Phi) is 5.11. The predicted molar refractivity (Wildman–Crippen MR) is 95.7 cm³/mol. The Morgan fingerprint density at radius 2 is 2.00 bits per heavy atom. The van der Waals surface area contributed by atoms with Gasteiger partial charge < -0.3 is 15.1 Å². The fourth-order valence-corrected chi connectivity index (χ4v) is 4.19. The van der Waals surface area contributed by atoms with Gasteiger partial charge in [-0.1, -0.05) is 6.07 Å². The number of carbonyl (C=O) groups is 2. The molecule has 2 amide bonds. The van der Waals surface area contributed by atoms with E-state index in [-0.39, 0.29) is 24.2 Å². The zero-order chi connectivity index (χ0) is 15.8. The van der Waals surface area contributed by atoms with Crippen molar-refractivity contribution in [3.05, 3.63) is 29.8 Å². The summed E-state index contributed by atoms with van der Waals surface area (Å²) in [5.74, 6) is 0.281. The molecule has 5 nitrogen and oxygen atoms in total. The van der Waals surface area contributed by atoms with Gasteiger partial charge in [-0.05, 0) is 50.4 Å². The Hall–Kier alpha value is -1.59. The standard InChI is InChI=1S/C18H23N3O2.ClH/c22-17-5-2-10-20(17)15-4-1-3-13(11-15)18(23)21-14-6-7-16(21)12-19-9-8-14;/h1,3-4,11,14,16,19H,2,5-10,12H2;1H. The van der Waals surface area contributed by atoms with Crippen molar-refractivity contribution in [2.75, 3.05) is 24.5 Å². The summed E-state index contributed by atoms with van der Waals surface area (Å²) in [6, 6.07) is 8.27. The van der Waals surface area contributed by atoms with Crippen molar-refractivity contribution in [3.63, 3.8) is 0 Å². The first-order valence-corrected chi connectivity index (χ1v) is 8.68. The van der Waals surface area contributed by atoms with Gasteiger partial charge in [0.05, 0.1) is 0 Å². The van der Waals surface area contributed by atoms with Crippen LogP contribution in [0.4, 0.5) is 5.69 Å². The van der Waals surface area contributed by atoms with E-state index in [2.05, 4.69) is 10.2 Å². The molecule has 0 saturated carbocycles. The Labute approximate surface area is 148 Å². The second-order valence-electron chi connectivity index (χ2n) is 6.79. The van der Waals surface area contributed by atoms with Crippen molar-refractivity contribution in [3.8, 4) is 0 Å². The lowest BCUT2D eigenvalue weighted by molar-refractivity contribution is -0.117. The highest BCUT2D eigenvalue weighted by molar-refractivity contribution is 5.99. The van der Waals surface area contributed by atoms with Crippen LogP contribution in [0.15, 0.2) is 24.3 Å². The minimum absolute atomic E-state index is 0. The Bertz CT molecular complexity index is 622. The molecule has 1 N–H and O–H groups in total. The van der Waals surface area contributed by atoms with Crippen molar-refractivity contribution in [2.24, 2.45) is 0 Å². The summed E-state index contributed by atoms with van der Waals surface area (Å²) >= 11 is 0. The third kappa shape index (κ3) is 3.03. The molecule has 2 unspecified atom stereocenters. The fourth-order valence-electron chi connectivity index (χ4n) is 4.19. The van der Waals surface area contributed by atoms with E-state index in [0.29, 0.717) is 24.1 Å². The number of hydrogen-bond donors (Lipinski definition) is 1. The molecule has 1 aromatic rings. The third-order valence-corrected chi connectivity index (χ3v) is 5.37. The highest BCUT2D eigenvalue weighted by Crippen LogP contribution is 2.30. The van der Waals surface area contributed by atoms with Gasteiger partial charge in [0.15, 0.2) is 0 Å². The second kappa shape index (κ2) is 7.11. The molecule has 6 heteroatoms. The lowest BCUT2D eigenvalue weighted by atomic mass is 10.1. The molecule has 0 aliphatic carbocycles. The summed E-state index contributed by atoms with van der Waals surface area (Å²) in [6.07, 6.45) is 4.75. The van der Waals surface area contributed by atoms with Crippen molar-refractivity contribution < 1.29 is 9.59 Å². The third-order valence-electron chi connectivity index (χ3n) is 5.37. The number of anilines is 1. The Balaban J connectivity index is 0.00000169. The Morgan fingerprint density at radius 1 is 1.17 bits per heavy atom. The maximum atomic E-state index is 13.1. The molecule has 3 fully saturated rings. The predicted octanol–water partition coefficient (Wildman–Crippen LogP) is 2.20. The van der Waals surface area contributed by atoms with E-state index in [1.807, 2.05) is 24.3 Å². The van der Waals surface area contributed by atoms with Crippen LogP contribution < -0.4 is 10.2 Å². The van der Waals surface area contributed by atoms with Gasteiger partial charge in [0.2, 0.25) is 5.91 Å². The first kappa shape index (κ1) is 17.2. The van der Waals surface area contributed by atoms with E-state index in [1.165, 1.54) is 0 Å². The topological polar surface area (TPSA) is 52.7 Å². The average Bonchev–Trinajstić information content (AvgIpc) is 3.09. The van der Waals surface area contributed by atoms with E-state index in [4.69, 9.17) is 0 Å². The van der Waals surface area contributed by atoms with Gasteiger partial charge in [-0.3, -0.25) is 9.59 Å². The van der Waals surface area contributed by atoms with E-state index in [9.17, 15) is 9.59 Å². The van der Waals surface area contributed by atoms with Gasteiger partial charge in [-0.15, -0.1) is 12.4 Å². The van der Waals surface area contributed by atoms with Crippen LogP contribution in [-0.2, 0) is 4.79 Å². The SMILES string of the molecule is Cl.O=C1CCCN1c1cccc(C(=O)N2C3CCNCC2CC3)c1. The average molecular weight is 350 g/mol. The molecule has 3 heterocycles. The minimum Gasteiger partial charge on any atom is -0.331 e. The quantitative estimate of drug-likeness (QED) is 0.890. The summed E-state index contributed by atoms with van der Waals surface area (Å²) in [5, 5.41) is 3.43. The molecule has 3 saturated heterocycles. The van der Waals surface area contributed by atoms with Crippen molar-refractivity contribution >= 4 is 29.9 Å². The molecule has 0 spiro atoms. The van der Waals surface area contributed by atoms with E-state index in [0.717, 1.165) is 51.0 Å². The fraction of sp³-hybridized carbons (Fsp3) is 0.556. The molecule has 3 aliphatic heterocycles. The summed E-state index contributed by atoms with van der Waals surface area (Å²) in [7, 11) is 0. The summed E-state index contributed by atoms with van der Waals surface area (Å²) in [5.41, 5.74) is 1.57. The number of fused-ring (bicyclic) bond motifs is 2. The van der Waals surface area contributed by atoms with Gasteiger partial charge in [-0.2, -0.15) is 0 Å². The molecule has 0 aromatic heterocycles. The molecule has 2 bridgehead atoms. The minimum atomic E-state index is 0. The monoisotopic (exact) mass is 349 g/mol. The van der Waals surface area contributed by atoms with Crippen LogP contribution in [0, 0.1) is 0 Å². The molecule has 0 radical (unpaired) electrons. The zero-order valence-corrected chi connectivity index (χ0v) is 14.6. The van der Waals surface area contributed by atoms with Gasteiger partial charge in [-0.25, -0.2) is 0 Å². The van der Waals surface area contributed by atoms with Crippen LogP contribution in [0.5, 0.6) is 0 Å². The Morgan fingerprint density at radius 3 is 2.79 bits per heavy atom. The number of nitrogens with zero attached hydrogens (tertiary/aromatic N) is 2. The molecule has 2 atom stereocenters. The van der Waals surface area contributed by atoms with Gasteiger partial charge in [0.25, 0.3) is 5.91 Å². The molecule has 130 valence electrons. The highest BCUT2D eigenvalue weighted by Gasteiger charge is 2.38. The number of nitrogens with one attached hydrogen (secondary N) is 1. The number of halogens is 1. The summed E-state index contributed by atoms with van der Waals surface area (Å²) in [6.45, 7) is 2.65. The maximum Gasteiger partial charge on any atom is 0.254 e. The number of benzene rings is 1. The largest absolute Gasteiger partial charge is 0.331 e. The zero-order valence-electron chi connectivity index (χ0n) is 13.7. The maximum absolute atomic E-state index is 13.1. The van der Waals surface area contributed by atoms with Crippen LogP contribution in [0.1, 0.15) is 42.5 Å². The smallest absolute Gasteiger partial charge is 0.254 e. The lowest BCUT2D eigenvalue weighted by Crippen LogP contribution is -2.42. The first-order chi connectivity index (χ1) is 11.2. The van der Waals surface area contributed by atoms with Gasteiger partial charge >= 0.3 is 0 Å². The normalized spacial score (nSPS) is 26.2. The lowest BCUT2D eigenvalue weighted by Gasteiger charge is -2.28. The van der Waals surface area contributed by atoms with E-state index in [1.54, 1.807) is 4.90 Å². The van der Waals surface area contributed by atoms with Crippen LogP contribution in [0.3, 0.4) is 0 Å². The van der Waals surface area contributed by atoms with Crippen molar-refractivity contribution in [2.45, 2.75) is 44.2 Å². The second-order valence-corrected chi connectivity index (χ2v) is 6.79. The number of rotatable bonds is 2. The highest BCUT2D eigenvalue weighted by atomic mass is 35.5. The first-order valence-electron chi connectivity index (χ1n) is 8.68. The number of hydrogen-bond acceptors (Lipinski definition) is 3. The van der Waals surface area contributed by atoms with E-state index >= 15 is 0 Å². The van der Waals surface area contributed by atoms with Crippen LogP contribution >= 0.6 is 12.4 Å². The molecular weight excluding hydrogens is 326 g/mol. The van der Waals surface area contributed by atoms with Gasteiger partial charge in [0.1, 0.15) is 0 Å². The van der Waals surface area contributed by atoms with Crippen molar-refractivity contribution in [1.29, 1.82) is 0 Å². The van der Waals surface area contributed by atoms with E-state index < -0.39 is 0 Å². The molecule has 1 aromatic carbocycles.